The Kier molecular flexibility index (Phi) is 2.74. The molecule has 1 heterocycles. The number of carbonyl (C=O) groups excluding carboxylic acids is 1. The number of nitrogens with zero attached hydrogens (tertiary/aromatic N) is 1. The van der Waals surface area contributed by atoms with Crippen LogP contribution in [0.5, 0.6) is 0 Å². The summed E-state index contributed by atoms with van der Waals surface area (Å²) in [6.45, 7) is 3.22. The molecular formula is C10H13NO3. The predicted molar refractivity (Wildman–Crippen MR) is 51.5 cm³/mol. The highest BCUT2D eigenvalue weighted by Crippen LogP contribution is 2.14. The third-order valence-electron chi connectivity index (χ3n) is 2.16. The molecule has 1 rings (SSSR count). The lowest BCUT2D eigenvalue weighted by molar-refractivity contribution is -0.116. The summed E-state index contributed by atoms with van der Waals surface area (Å²) in [6, 6.07) is 1.74. The summed E-state index contributed by atoms with van der Waals surface area (Å²) in [4.78, 5) is 21.7. The Morgan fingerprint density at radius 1 is 1.50 bits per heavy atom. The second-order valence-electron chi connectivity index (χ2n) is 3.41. The first kappa shape index (κ1) is 10.5. The maximum Gasteiger partial charge on any atom is 0.352 e. The first-order valence-electron chi connectivity index (χ1n) is 4.31. The average molecular weight is 195 g/mol. The molecule has 14 heavy (non-hydrogen) atoms. The fourth-order valence-corrected chi connectivity index (χ4v) is 1.56. The Morgan fingerprint density at radius 3 is 2.43 bits per heavy atom. The molecule has 4 nitrogen and oxygen atoms in total. The molecular weight excluding hydrogens is 182 g/mol. The molecule has 0 saturated heterocycles. The highest BCUT2D eigenvalue weighted by atomic mass is 16.4. The van der Waals surface area contributed by atoms with E-state index in [1.807, 2.05) is 0 Å². The molecule has 0 spiro atoms. The van der Waals surface area contributed by atoms with Crippen molar-refractivity contribution in [1.82, 2.24) is 4.57 Å². The molecule has 0 aliphatic carbocycles. The zero-order valence-corrected chi connectivity index (χ0v) is 8.50. The van der Waals surface area contributed by atoms with Crippen LogP contribution in [0, 0.1) is 6.92 Å². The molecule has 0 fully saturated rings. The largest absolute Gasteiger partial charge is 0.477 e. The minimum atomic E-state index is -0.959. The molecule has 4 heteroatoms. The van der Waals surface area contributed by atoms with Gasteiger partial charge in [-0.2, -0.15) is 0 Å². The fourth-order valence-electron chi connectivity index (χ4n) is 1.56. The molecule has 1 N–H and O–H groups in total. The molecule has 0 aliphatic rings. The van der Waals surface area contributed by atoms with E-state index in [2.05, 4.69) is 0 Å². The highest BCUT2D eigenvalue weighted by Gasteiger charge is 2.15. The van der Waals surface area contributed by atoms with Crippen LogP contribution in [0.25, 0.3) is 0 Å². The van der Waals surface area contributed by atoms with Crippen LogP contribution in [0.15, 0.2) is 6.07 Å². The lowest BCUT2D eigenvalue weighted by atomic mass is 10.2. The summed E-state index contributed by atoms with van der Waals surface area (Å²) < 4.78 is 1.55. The Labute approximate surface area is 82.2 Å². The van der Waals surface area contributed by atoms with E-state index >= 15 is 0 Å². The van der Waals surface area contributed by atoms with Gasteiger partial charge in [0.2, 0.25) is 0 Å². The molecule has 0 bridgehead atoms. The van der Waals surface area contributed by atoms with Crippen LogP contribution in [0.1, 0.15) is 28.7 Å². The number of carboxylic acids is 1. The monoisotopic (exact) mass is 195 g/mol. The first-order chi connectivity index (χ1) is 6.43. The minimum absolute atomic E-state index is 0.0301. The van der Waals surface area contributed by atoms with Crippen LogP contribution in [-0.4, -0.2) is 21.4 Å². The summed E-state index contributed by atoms with van der Waals surface area (Å²) in [7, 11) is 1.66. The van der Waals surface area contributed by atoms with Gasteiger partial charge in [-0.25, -0.2) is 4.79 Å². The summed E-state index contributed by atoms with van der Waals surface area (Å²) in [6.07, 6.45) is 0.282. The lowest BCUT2D eigenvalue weighted by Crippen LogP contribution is -2.09. The van der Waals surface area contributed by atoms with E-state index in [4.69, 9.17) is 5.11 Å². The second kappa shape index (κ2) is 3.65. The van der Waals surface area contributed by atoms with Crippen molar-refractivity contribution in [2.45, 2.75) is 20.3 Å². The molecule has 0 amide bonds. The number of Topliss-reactive ketones (excluding diaryl/α,β-unsaturated/α-hetero) is 1. The van der Waals surface area contributed by atoms with E-state index in [9.17, 15) is 9.59 Å². The molecule has 1 aromatic heterocycles. The van der Waals surface area contributed by atoms with Crippen molar-refractivity contribution in [3.63, 3.8) is 0 Å². The van der Waals surface area contributed by atoms with Crippen molar-refractivity contribution in [2.24, 2.45) is 7.05 Å². The van der Waals surface area contributed by atoms with Gasteiger partial charge in [0.25, 0.3) is 0 Å². The van der Waals surface area contributed by atoms with Crippen molar-refractivity contribution in [3.05, 3.63) is 23.0 Å². The molecule has 0 atom stereocenters. The average Bonchev–Trinajstić information content (AvgIpc) is 2.25. The van der Waals surface area contributed by atoms with Gasteiger partial charge in [-0.15, -0.1) is 0 Å². The molecule has 0 radical (unpaired) electrons. The summed E-state index contributed by atoms with van der Waals surface area (Å²) in [5.41, 5.74) is 1.69. The van der Waals surface area contributed by atoms with Crippen LogP contribution in [0.2, 0.25) is 0 Å². The summed E-state index contributed by atoms with van der Waals surface area (Å²) in [5.74, 6) is -0.928. The summed E-state index contributed by atoms with van der Waals surface area (Å²) in [5, 5.41) is 8.89. The van der Waals surface area contributed by atoms with Gasteiger partial charge in [-0.3, -0.25) is 4.79 Å². The first-order valence-corrected chi connectivity index (χ1v) is 4.31. The zero-order chi connectivity index (χ0) is 10.9. The number of aromatic carboxylic acids is 1. The third-order valence-corrected chi connectivity index (χ3v) is 2.16. The number of carboxylic acid groups (broad SMARTS) is 1. The van der Waals surface area contributed by atoms with E-state index in [1.165, 1.54) is 6.92 Å². The third kappa shape index (κ3) is 1.84. The van der Waals surface area contributed by atoms with Gasteiger partial charge in [0.1, 0.15) is 11.5 Å². The Hall–Kier alpha value is -1.58. The quantitative estimate of drug-likeness (QED) is 0.787. The number of carbonyl (C=O) groups is 2. The van der Waals surface area contributed by atoms with Gasteiger partial charge in [0.15, 0.2) is 0 Å². The Bertz CT molecular complexity index is 390. The van der Waals surface area contributed by atoms with Crippen LogP contribution >= 0.6 is 0 Å². The Morgan fingerprint density at radius 2 is 2.07 bits per heavy atom. The van der Waals surface area contributed by atoms with Gasteiger partial charge in [-0.1, -0.05) is 0 Å². The van der Waals surface area contributed by atoms with Crippen LogP contribution in [0.4, 0.5) is 0 Å². The normalized spacial score (nSPS) is 10.2. The van der Waals surface area contributed by atoms with Crippen molar-refractivity contribution in [1.29, 1.82) is 0 Å². The second-order valence-corrected chi connectivity index (χ2v) is 3.41. The summed E-state index contributed by atoms with van der Waals surface area (Å²) >= 11 is 0. The van der Waals surface area contributed by atoms with E-state index in [0.717, 1.165) is 5.69 Å². The number of rotatable bonds is 3. The van der Waals surface area contributed by atoms with E-state index in [-0.39, 0.29) is 17.9 Å². The van der Waals surface area contributed by atoms with Gasteiger partial charge in [0.05, 0.1) is 0 Å². The van der Waals surface area contributed by atoms with Gasteiger partial charge in [0, 0.05) is 19.2 Å². The van der Waals surface area contributed by atoms with E-state index in [0.29, 0.717) is 5.56 Å². The van der Waals surface area contributed by atoms with Gasteiger partial charge < -0.3 is 9.67 Å². The van der Waals surface area contributed by atoms with Crippen molar-refractivity contribution in [2.75, 3.05) is 0 Å². The van der Waals surface area contributed by atoms with Crippen molar-refractivity contribution < 1.29 is 14.7 Å². The molecule has 0 aliphatic heterocycles. The zero-order valence-electron chi connectivity index (χ0n) is 8.50. The van der Waals surface area contributed by atoms with Gasteiger partial charge in [-0.05, 0) is 25.5 Å². The minimum Gasteiger partial charge on any atom is -0.477 e. The maximum atomic E-state index is 10.9. The number of hydrogen-bond donors (Lipinski definition) is 1. The fraction of sp³-hybridized carbons (Fsp3) is 0.400. The SMILES string of the molecule is CC(=O)Cc1cc(C)c(C(=O)O)n1C. The number of aromatic nitrogens is 1. The number of hydrogen-bond acceptors (Lipinski definition) is 2. The van der Waals surface area contributed by atoms with Crippen LogP contribution in [-0.2, 0) is 18.3 Å². The molecule has 1 aromatic rings. The highest BCUT2D eigenvalue weighted by molar-refractivity contribution is 5.88. The van der Waals surface area contributed by atoms with E-state index in [1.54, 1.807) is 24.6 Å². The maximum absolute atomic E-state index is 10.9. The van der Waals surface area contributed by atoms with Crippen molar-refractivity contribution in [3.8, 4) is 0 Å². The topological polar surface area (TPSA) is 59.3 Å². The molecule has 0 unspecified atom stereocenters. The van der Waals surface area contributed by atoms with Crippen LogP contribution in [0.3, 0.4) is 0 Å². The number of aryl methyl sites for hydroxylation is 1. The molecule has 0 saturated carbocycles. The smallest absolute Gasteiger partial charge is 0.352 e. The van der Waals surface area contributed by atoms with Crippen LogP contribution < -0.4 is 0 Å². The molecule has 76 valence electrons. The van der Waals surface area contributed by atoms with E-state index < -0.39 is 5.97 Å². The predicted octanol–water partition coefficient (Wildman–Crippen LogP) is 1.16. The lowest BCUT2D eigenvalue weighted by Gasteiger charge is -2.02. The molecule has 0 aromatic carbocycles. The Balaban J connectivity index is 3.16. The van der Waals surface area contributed by atoms with Crippen molar-refractivity contribution >= 4 is 11.8 Å². The standard InChI is InChI=1S/C10H13NO3/c1-6-4-8(5-7(2)12)11(3)9(6)10(13)14/h4H,5H2,1-3H3,(H,13,14). The number of ketones is 1. The van der Waals surface area contributed by atoms with Gasteiger partial charge >= 0.3 is 5.97 Å².